The summed E-state index contributed by atoms with van der Waals surface area (Å²) in [7, 11) is 0. The lowest BCUT2D eigenvalue weighted by molar-refractivity contribution is 0.0623. The second kappa shape index (κ2) is 8.99. The summed E-state index contributed by atoms with van der Waals surface area (Å²) < 4.78 is 20.0. The molecule has 160 valence electrons. The van der Waals surface area contributed by atoms with Crippen LogP contribution in [0.25, 0.3) is 0 Å². The van der Waals surface area contributed by atoms with Gasteiger partial charge in [-0.25, -0.2) is 9.87 Å². The third-order valence-electron chi connectivity index (χ3n) is 4.77. The number of nitrogens with zero attached hydrogens (tertiary/aromatic N) is 3. The van der Waals surface area contributed by atoms with E-state index in [1.54, 1.807) is 19.1 Å². The van der Waals surface area contributed by atoms with Gasteiger partial charge in [-0.1, -0.05) is 47.0 Å². The lowest BCUT2D eigenvalue weighted by atomic mass is 10.0. The van der Waals surface area contributed by atoms with E-state index in [4.69, 9.17) is 26.2 Å². The summed E-state index contributed by atoms with van der Waals surface area (Å²) in [5.41, 5.74) is 7.64. The molecule has 1 N–H and O–H groups in total. The van der Waals surface area contributed by atoms with Crippen LogP contribution in [0.1, 0.15) is 27.9 Å². The number of hydroxylamine groups is 1. The van der Waals surface area contributed by atoms with Gasteiger partial charge in [-0.3, -0.25) is 9.83 Å². The third-order valence-corrected chi connectivity index (χ3v) is 5.06. The minimum Gasteiger partial charge on any atom is -0.434 e. The second-order valence-electron chi connectivity index (χ2n) is 7.60. The third kappa shape index (κ3) is 5.00. The largest absolute Gasteiger partial charge is 0.434 e. The number of hydrogen-bond donors (Lipinski definition) is 1. The Labute approximate surface area is 185 Å². The van der Waals surface area contributed by atoms with Gasteiger partial charge in [0, 0.05) is 0 Å². The second-order valence-corrected chi connectivity index (χ2v) is 8.01. The van der Waals surface area contributed by atoms with Gasteiger partial charge in [0.1, 0.15) is 0 Å². The SMILES string of the molecule is Cc1cc(C)cc(C[C@@H]2CONC(c3cc(C)nnc3Oc3cccc(Cl)c3F)=N2)c1. The Hall–Kier alpha value is -3.03. The van der Waals surface area contributed by atoms with Crippen molar-refractivity contribution < 1.29 is 14.0 Å². The smallest absolute Gasteiger partial charge is 0.250 e. The number of aromatic nitrogens is 2. The molecule has 0 unspecified atom stereocenters. The highest BCUT2D eigenvalue weighted by molar-refractivity contribution is 6.30. The minimum absolute atomic E-state index is 0.0379. The van der Waals surface area contributed by atoms with Crippen LogP contribution in [-0.4, -0.2) is 28.7 Å². The van der Waals surface area contributed by atoms with Crippen molar-refractivity contribution in [2.24, 2.45) is 4.99 Å². The van der Waals surface area contributed by atoms with Gasteiger partial charge < -0.3 is 4.74 Å². The van der Waals surface area contributed by atoms with Crippen LogP contribution in [0.15, 0.2) is 47.5 Å². The molecule has 4 rings (SSSR count). The van der Waals surface area contributed by atoms with Crippen LogP contribution in [0.5, 0.6) is 11.6 Å². The highest BCUT2D eigenvalue weighted by atomic mass is 35.5. The van der Waals surface area contributed by atoms with E-state index in [0.717, 1.165) is 6.42 Å². The lowest BCUT2D eigenvalue weighted by Crippen LogP contribution is -2.37. The predicted octanol–water partition coefficient (Wildman–Crippen LogP) is 4.88. The zero-order valence-corrected chi connectivity index (χ0v) is 18.2. The van der Waals surface area contributed by atoms with E-state index in [2.05, 4.69) is 47.7 Å². The van der Waals surface area contributed by atoms with Gasteiger partial charge in [-0.15, -0.1) is 5.10 Å². The maximum atomic E-state index is 14.3. The number of aliphatic imine (C=N–C) groups is 1. The zero-order valence-electron chi connectivity index (χ0n) is 17.4. The van der Waals surface area contributed by atoms with E-state index in [1.165, 1.54) is 28.8 Å². The Balaban J connectivity index is 1.64. The van der Waals surface area contributed by atoms with Crippen LogP contribution in [0.4, 0.5) is 4.39 Å². The summed E-state index contributed by atoms with van der Waals surface area (Å²) >= 11 is 5.86. The van der Waals surface area contributed by atoms with Crippen LogP contribution in [0, 0.1) is 26.6 Å². The molecule has 0 bridgehead atoms. The molecule has 6 nitrogen and oxygen atoms in total. The monoisotopic (exact) mass is 440 g/mol. The molecule has 31 heavy (non-hydrogen) atoms. The number of benzene rings is 2. The molecule has 0 fully saturated rings. The summed E-state index contributed by atoms with van der Waals surface area (Å²) in [5.74, 6) is -0.152. The molecule has 2 heterocycles. The summed E-state index contributed by atoms with van der Waals surface area (Å²) in [6, 6.07) is 12.6. The number of aryl methyl sites for hydroxylation is 3. The molecule has 0 radical (unpaired) electrons. The molecule has 0 saturated heterocycles. The number of amidine groups is 1. The molecule has 1 aromatic heterocycles. The Kier molecular flexibility index (Phi) is 6.15. The first-order chi connectivity index (χ1) is 14.9. The van der Waals surface area contributed by atoms with E-state index in [9.17, 15) is 4.39 Å². The van der Waals surface area contributed by atoms with Gasteiger partial charge in [0.2, 0.25) is 5.88 Å². The van der Waals surface area contributed by atoms with Crippen molar-refractivity contribution >= 4 is 17.4 Å². The molecular weight excluding hydrogens is 419 g/mol. The first-order valence-electron chi connectivity index (χ1n) is 9.88. The molecule has 2 aromatic carbocycles. The maximum Gasteiger partial charge on any atom is 0.250 e. The fourth-order valence-corrected chi connectivity index (χ4v) is 3.70. The molecule has 1 aliphatic rings. The zero-order chi connectivity index (χ0) is 22.0. The molecular formula is C23H22ClFN4O2. The van der Waals surface area contributed by atoms with E-state index < -0.39 is 5.82 Å². The van der Waals surface area contributed by atoms with E-state index in [-0.39, 0.29) is 22.7 Å². The van der Waals surface area contributed by atoms with Crippen molar-refractivity contribution in [3.8, 4) is 11.6 Å². The van der Waals surface area contributed by atoms with Crippen molar-refractivity contribution in [3.63, 3.8) is 0 Å². The topological polar surface area (TPSA) is 68.6 Å². The predicted molar refractivity (Wildman–Crippen MR) is 117 cm³/mol. The lowest BCUT2D eigenvalue weighted by Gasteiger charge is -2.23. The molecule has 0 aliphatic carbocycles. The summed E-state index contributed by atoms with van der Waals surface area (Å²) in [4.78, 5) is 10.4. The van der Waals surface area contributed by atoms with Crippen molar-refractivity contribution in [2.75, 3.05) is 6.61 Å². The highest BCUT2D eigenvalue weighted by Crippen LogP contribution is 2.30. The Bertz CT molecular complexity index is 1130. The maximum absolute atomic E-state index is 14.3. The van der Waals surface area contributed by atoms with Gasteiger partial charge in [0.15, 0.2) is 17.4 Å². The quantitative estimate of drug-likeness (QED) is 0.612. The first-order valence-corrected chi connectivity index (χ1v) is 10.3. The van der Waals surface area contributed by atoms with Crippen LogP contribution in [0.3, 0.4) is 0 Å². The van der Waals surface area contributed by atoms with E-state index >= 15 is 0 Å². The standard InChI is InChI=1S/C23H22ClFN4O2/c1-13-7-14(2)9-16(8-13)11-17-12-30-29-22(26-17)18-10-15(3)27-28-23(18)31-20-6-4-5-19(24)21(20)25/h4-10,17H,11-12H2,1-3H3,(H,26,29)/t17-/m1/s1. The number of ether oxygens (including phenoxy) is 1. The van der Waals surface area contributed by atoms with Gasteiger partial charge in [-0.2, -0.15) is 5.10 Å². The van der Waals surface area contributed by atoms with Gasteiger partial charge >= 0.3 is 0 Å². The van der Waals surface area contributed by atoms with Crippen LogP contribution < -0.4 is 10.2 Å². The normalized spacial score (nSPS) is 15.9. The fourth-order valence-electron chi connectivity index (χ4n) is 3.53. The Morgan fingerprint density at radius 1 is 1.13 bits per heavy atom. The molecule has 0 spiro atoms. The number of halogens is 2. The van der Waals surface area contributed by atoms with Gasteiger partial charge in [0.25, 0.3) is 0 Å². The number of rotatable bonds is 5. The summed E-state index contributed by atoms with van der Waals surface area (Å²) in [5, 5.41) is 8.09. The molecule has 0 saturated carbocycles. The van der Waals surface area contributed by atoms with Crippen LogP contribution in [0.2, 0.25) is 5.02 Å². The number of hydrogen-bond acceptors (Lipinski definition) is 6. The molecule has 0 amide bonds. The Morgan fingerprint density at radius 3 is 2.68 bits per heavy atom. The molecule has 1 aliphatic heterocycles. The molecule has 3 aromatic rings. The Morgan fingerprint density at radius 2 is 1.90 bits per heavy atom. The molecule has 8 heteroatoms. The van der Waals surface area contributed by atoms with E-state index in [1.807, 2.05) is 0 Å². The van der Waals surface area contributed by atoms with Crippen molar-refractivity contribution in [3.05, 3.63) is 81.3 Å². The average Bonchev–Trinajstić information content (AvgIpc) is 2.72. The van der Waals surface area contributed by atoms with Crippen molar-refractivity contribution in [1.82, 2.24) is 15.7 Å². The van der Waals surface area contributed by atoms with Gasteiger partial charge in [0.05, 0.1) is 28.9 Å². The van der Waals surface area contributed by atoms with Crippen molar-refractivity contribution in [1.29, 1.82) is 0 Å². The summed E-state index contributed by atoms with van der Waals surface area (Å²) in [6.07, 6.45) is 0.726. The first kappa shape index (κ1) is 21.2. The van der Waals surface area contributed by atoms with Crippen LogP contribution in [-0.2, 0) is 11.3 Å². The molecule has 1 atom stereocenters. The number of nitrogens with one attached hydrogen (secondary N) is 1. The van der Waals surface area contributed by atoms with Crippen LogP contribution >= 0.6 is 11.6 Å². The highest BCUT2D eigenvalue weighted by Gasteiger charge is 2.22. The van der Waals surface area contributed by atoms with Gasteiger partial charge in [-0.05, 0) is 51.0 Å². The fraction of sp³-hybridized carbons (Fsp3) is 0.261. The minimum atomic E-state index is -0.667. The average molecular weight is 441 g/mol. The van der Waals surface area contributed by atoms with E-state index in [0.29, 0.717) is 23.7 Å². The summed E-state index contributed by atoms with van der Waals surface area (Å²) in [6.45, 7) is 6.38. The van der Waals surface area contributed by atoms with Crippen molar-refractivity contribution in [2.45, 2.75) is 33.2 Å².